The van der Waals surface area contributed by atoms with Crippen LogP contribution in [0.4, 0.5) is 5.69 Å². The molecule has 3 nitrogen and oxygen atoms in total. The van der Waals surface area contributed by atoms with Crippen molar-refractivity contribution >= 4 is 34.6 Å². The number of anilines is 1. The van der Waals surface area contributed by atoms with Crippen LogP contribution in [0.5, 0.6) is 0 Å². The van der Waals surface area contributed by atoms with Gasteiger partial charge in [0, 0.05) is 10.7 Å². The van der Waals surface area contributed by atoms with E-state index in [0.29, 0.717) is 11.6 Å². The fourth-order valence-electron chi connectivity index (χ4n) is 1.69. The van der Waals surface area contributed by atoms with Crippen molar-refractivity contribution in [1.29, 1.82) is 0 Å². The number of halogens is 1. The number of nitrogens with one attached hydrogen (secondary N) is 1. The topological polar surface area (TPSA) is 38.3 Å². The van der Waals surface area contributed by atoms with Gasteiger partial charge in [0.2, 0.25) is 0 Å². The minimum atomic E-state index is -0.510. The second-order valence-electron chi connectivity index (χ2n) is 3.90. The third-order valence-corrected chi connectivity index (χ3v) is 3.47. The molecule has 1 N–H and O–H groups in total. The van der Waals surface area contributed by atoms with E-state index in [1.165, 1.54) is 0 Å². The first-order valence-corrected chi connectivity index (χ1v) is 7.23. The Hall–Kier alpha value is -1.52. The zero-order valence-electron chi connectivity index (χ0n) is 10.4. The molecule has 0 fully saturated rings. The van der Waals surface area contributed by atoms with Crippen LogP contribution in [0, 0.1) is 0 Å². The van der Waals surface area contributed by atoms with Crippen molar-refractivity contribution in [3.8, 4) is 0 Å². The first-order chi connectivity index (χ1) is 9.20. The normalized spacial score (nSPS) is 11.9. The monoisotopic (exact) mass is 295 g/mol. The number of carbonyl (C=O) groups is 1. The van der Waals surface area contributed by atoms with Gasteiger partial charge in [-0.1, -0.05) is 17.7 Å². The Kier molecular flexibility index (Phi) is 4.82. The van der Waals surface area contributed by atoms with E-state index in [4.69, 9.17) is 16.3 Å². The minimum Gasteiger partial charge on any atom is -0.464 e. The molecule has 0 aliphatic rings. The molecule has 19 heavy (non-hydrogen) atoms. The summed E-state index contributed by atoms with van der Waals surface area (Å²) in [5.74, 6) is -0.291. The first-order valence-electron chi connectivity index (χ1n) is 5.91. The van der Waals surface area contributed by atoms with Crippen LogP contribution in [-0.2, 0) is 9.53 Å². The van der Waals surface area contributed by atoms with Gasteiger partial charge in [-0.05, 0) is 47.5 Å². The van der Waals surface area contributed by atoms with Gasteiger partial charge < -0.3 is 10.1 Å². The number of carbonyl (C=O) groups excluding carboxylic acids is 1. The van der Waals surface area contributed by atoms with E-state index >= 15 is 0 Å². The standard InChI is InChI=1S/C14H14ClNO2S/c1-2-18-14(17)13(10-6-7-19-9-10)16-12-5-3-4-11(15)8-12/h3-9,13,16H,2H2,1H3. The fraction of sp³-hybridized carbons (Fsp3) is 0.214. The number of benzene rings is 1. The van der Waals surface area contributed by atoms with Gasteiger partial charge in [0.15, 0.2) is 6.04 Å². The molecule has 0 aliphatic heterocycles. The highest BCUT2D eigenvalue weighted by Gasteiger charge is 2.22. The molecule has 100 valence electrons. The fourth-order valence-corrected chi connectivity index (χ4v) is 2.56. The van der Waals surface area contributed by atoms with E-state index in [9.17, 15) is 4.79 Å². The quantitative estimate of drug-likeness (QED) is 0.843. The van der Waals surface area contributed by atoms with E-state index in [0.717, 1.165) is 11.3 Å². The Labute approximate surface area is 121 Å². The number of hydrogen-bond donors (Lipinski definition) is 1. The zero-order valence-corrected chi connectivity index (χ0v) is 12.0. The number of hydrogen-bond acceptors (Lipinski definition) is 4. The summed E-state index contributed by atoms with van der Waals surface area (Å²) in [6, 6.07) is 8.66. The van der Waals surface area contributed by atoms with E-state index in [-0.39, 0.29) is 5.97 Å². The third-order valence-electron chi connectivity index (χ3n) is 2.53. The molecule has 1 heterocycles. The molecule has 0 saturated heterocycles. The molecule has 0 radical (unpaired) electrons. The average molecular weight is 296 g/mol. The number of thiophene rings is 1. The van der Waals surface area contributed by atoms with Crippen molar-refractivity contribution < 1.29 is 9.53 Å². The Morgan fingerprint density at radius 2 is 2.32 bits per heavy atom. The van der Waals surface area contributed by atoms with Gasteiger partial charge in [0.25, 0.3) is 0 Å². The van der Waals surface area contributed by atoms with E-state index in [2.05, 4.69) is 5.32 Å². The third kappa shape index (κ3) is 3.72. The molecule has 1 aromatic carbocycles. The summed E-state index contributed by atoms with van der Waals surface area (Å²) >= 11 is 7.48. The largest absolute Gasteiger partial charge is 0.464 e. The van der Waals surface area contributed by atoms with Crippen LogP contribution in [-0.4, -0.2) is 12.6 Å². The minimum absolute atomic E-state index is 0.291. The molecule has 0 spiro atoms. The van der Waals surface area contributed by atoms with Gasteiger partial charge >= 0.3 is 5.97 Å². The lowest BCUT2D eigenvalue weighted by Crippen LogP contribution is -2.22. The van der Waals surface area contributed by atoms with E-state index in [1.807, 2.05) is 29.0 Å². The molecule has 1 aromatic heterocycles. The van der Waals surface area contributed by atoms with Crippen molar-refractivity contribution in [2.45, 2.75) is 13.0 Å². The zero-order chi connectivity index (χ0) is 13.7. The molecule has 5 heteroatoms. The highest BCUT2D eigenvalue weighted by atomic mass is 35.5. The lowest BCUT2D eigenvalue weighted by Gasteiger charge is -2.17. The van der Waals surface area contributed by atoms with Crippen molar-refractivity contribution in [3.05, 3.63) is 51.7 Å². The molecule has 0 bridgehead atoms. The number of esters is 1. The Bertz CT molecular complexity index is 542. The van der Waals surface area contributed by atoms with Crippen LogP contribution >= 0.6 is 22.9 Å². The molecule has 1 atom stereocenters. The van der Waals surface area contributed by atoms with Gasteiger partial charge in [0.1, 0.15) is 0 Å². The van der Waals surface area contributed by atoms with Crippen molar-refractivity contribution in [1.82, 2.24) is 0 Å². The second-order valence-corrected chi connectivity index (χ2v) is 5.11. The van der Waals surface area contributed by atoms with Gasteiger partial charge in [-0.3, -0.25) is 0 Å². The molecule has 1 unspecified atom stereocenters. The highest BCUT2D eigenvalue weighted by Crippen LogP contribution is 2.24. The van der Waals surface area contributed by atoms with Crippen molar-refractivity contribution in [2.75, 3.05) is 11.9 Å². The maximum atomic E-state index is 12.0. The summed E-state index contributed by atoms with van der Waals surface area (Å²) in [6.45, 7) is 2.15. The summed E-state index contributed by atoms with van der Waals surface area (Å²) in [5.41, 5.74) is 1.68. The molecular weight excluding hydrogens is 282 g/mol. The molecule has 0 aliphatic carbocycles. The van der Waals surface area contributed by atoms with Crippen molar-refractivity contribution in [3.63, 3.8) is 0 Å². The second kappa shape index (κ2) is 6.59. The number of rotatable bonds is 5. The summed E-state index contributed by atoms with van der Waals surface area (Å²) in [4.78, 5) is 12.0. The van der Waals surface area contributed by atoms with Gasteiger partial charge in [-0.25, -0.2) is 4.79 Å². The summed E-state index contributed by atoms with van der Waals surface area (Å²) in [7, 11) is 0. The van der Waals surface area contributed by atoms with Gasteiger partial charge in [-0.15, -0.1) is 0 Å². The lowest BCUT2D eigenvalue weighted by molar-refractivity contribution is -0.144. The molecule has 2 aromatic rings. The molecule has 2 rings (SSSR count). The average Bonchev–Trinajstić information content (AvgIpc) is 2.90. The van der Waals surface area contributed by atoms with Crippen LogP contribution in [0.25, 0.3) is 0 Å². The van der Waals surface area contributed by atoms with Gasteiger partial charge in [0.05, 0.1) is 6.61 Å². The van der Waals surface area contributed by atoms with Crippen LogP contribution in [0.1, 0.15) is 18.5 Å². The SMILES string of the molecule is CCOC(=O)C(Nc1cccc(Cl)c1)c1ccsc1. The smallest absolute Gasteiger partial charge is 0.333 e. The molecule has 0 amide bonds. The maximum Gasteiger partial charge on any atom is 0.333 e. The van der Waals surface area contributed by atoms with Crippen molar-refractivity contribution in [2.24, 2.45) is 0 Å². The Morgan fingerprint density at radius 1 is 1.47 bits per heavy atom. The Balaban J connectivity index is 2.21. The predicted octanol–water partition coefficient (Wildman–Crippen LogP) is 4.12. The van der Waals surface area contributed by atoms with E-state index < -0.39 is 6.04 Å². The molecule has 0 saturated carbocycles. The number of ether oxygens (including phenoxy) is 1. The Morgan fingerprint density at radius 3 is 2.95 bits per heavy atom. The predicted molar refractivity (Wildman–Crippen MR) is 78.8 cm³/mol. The van der Waals surface area contributed by atoms with E-state index in [1.54, 1.807) is 30.4 Å². The van der Waals surface area contributed by atoms with Crippen LogP contribution in [0.3, 0.4) is 0 Å². The van der Waals surface area contributed by atoms with Gasteiger partial charge in [-0.2, -0.15) is 11.3 Å². The van der Waals surface area contributed by atoms with Crippen LogP contribution in [0.2, 0.25) is 5.02 Å². The van der Waals surface area contributed by atoms with Crippen LogP contribution < -0.4 is 5.32 Å². The first kappa shape index (κ1) is 13.9. The molecular formula is C14H14ClNO2S. The summed E-state index contributed by atoms with van der Waals surface area (Å²) in [5, 5.41) is 7.64. The summed E-state index contributed by atoms with van der Waals surface area (Å²) < 4.78 is 5.10. The summed E-state index contributed by atoms with van der Waals surface area (Å²) in [6.07, 6.45) is 0. The van der Waals surface area contributed by atoms with Crippen LogP contribution in [0.15, 0.2) is 41.1 Å². The maximum absolute atomic E-state index is 12.0. The highest BCUT2D eigenvalue weighted by molar-refractivity contribution is 7.08. The lowest BCUT2D eigenvalue weighted by atomic mass is 10.1.